The Hall–Kier alpha value is -3.07. The summed E-state index contributed by atoms with van der Waals surface area (Å²) < 4.78 is 29.2. The second-order valence-corrected chi connectivity index (χ2v) is 14.7. The van der Waals surface area contributed by atoms with Gasteiger partial charge in [-0.1, -0.05) is 79.9 Å². The molecule has 1 N–H and O–H groups in total. The van der Waals surface area contributed by atoms with Crippen LogP contribution >= 0.6 is 23.2 Å². The molecule has 0 bridgehead atoms. The smallest absolute Gasteiger partial charge is 0.264 e. The SMILES string of the molecule is CC[C@@H](C(=O)NC(C)(C)C)N(Cc1ccc(Cl)c(Cl)c1)C(=O)CN(c1ccc(C(C)C)cc1)S(=O)(=O)c1ccc(C)cc1. The second-order valence-electron chi connectivity index (χ2n) is 12.0. The number of carbonyl (C=O) groups is 2. The van der Waals surface area contributed by atoms with Crippen LogP contribution in [-0.2, 0) is 26.2 Å². The lowest BCUT2D eigenvalue weighted by Crippen LogP contribution is -2.55. The van der Waals surface area contributed by atoms with E-state index < -0.39 is 34.1 Å². The number of benzene rings is 3. The van der Waals surface area contributed by atoms with E-state index in [4.69, 9.17) is 23.2 Å². The molecule has 3 aromatic rings. The molecule has 3 rings (SSSR count). The Morgan fingerprint density at radius 3 is 2.02 bits per heavy atom. The summed E-state index contributed by atoms with van der Waals surface area (Å²) in [6, 6.07) is 17.8. The molecule has 0 aliphatic heterocycles. The van der Waals surface area contributed by atoms with E-state index in [1.165, 1.54) is 17.0 Å². The van der Waals surface area contributed by atoms with Crippen LogP contribution in [0.4, 0.5) is 5.69 Å². The van der Waals surface area contributed by atoms with Crippen LogP contribution in [0.3, 0.4) is 0 Å². The van der Waals surface area contributed by atoms with Gasteiger partial charge < -0.3 is 10.2 Å². The van der Waals surface area contributed by atoms with Crippen molar-refractivity contribution in [3.8, 4) is 0 Å². The van der Waals surface area contributed by atoms with Crippen LogP contribution in [0.15, 0.2) is 71.6 Å². The van der Waals surface area contributed by atoms with E-state index in [0.29, 0.717) is 27.7 Å². The maximum absolute atomic E-state index is 14.2. The van der Waals surface area contributed by atoms with Crippen molar-refractivity contribution in [2.45, 2.75) is 83.8 Å². The van der Waals surface area contributed by atoms with Crippen molar-refractivity contribution in [3.05, 3.63) is 93.5 Å². The number of nitrogens with zero attached hydrogens (tertiary/aromatic N) is 2. The second kappa shape index (κ2) is 14.1. The molecule has 7 nitrogen and oxygen atoms in total. The van der Waals surface area contributed by atoms with Crippen LogP contribution in [0, 0.1) is 6.92 Å². The van der Waals surface area contributed by atoms with Crippen molar-refractivity contribution < 1.29 is 18.0 Å². The maximum atomic E-state index is 14.2. The van der Waals surface area contributed by atoms with Crippen molar-refractivity contribution in [1.82, 2.24) is 10.2 Å². The molecule has 0 spiro atoms. The van der Waals surface area contributed by atoms with Crippen molar-refractivity contribution in [1.29, 1.82) is 0 Å². The summed E-state index contributed by atoms with van der Waals surface area (Å²) in [7, 11) is -4.15. The Kier molecular flexibility index (Phi) is 11.3. The zero-order valence-electron chi connectivity index (χ0n) is 25.8. The van der Waals surface area contributed by atoms with Gasteiger partial charge in [-0.2, -0.15) is 0 Å². The van der Waals surface area contributed by atoms with Gasteiger partial charge in [-0.3, -0.25) is 13.9 Å². The quantitative estimate of drug-likeness (QED) is 0.236. The fraction of sp³-hybridized carbons (Fsp3) is 0.394. The molecule has 3 aromatic carbocycles. The van der Waals surface area contributed by atoms with Crippen LogP contribution in [0.2, 0.25) is 10.0 Å². The van der Waals surface area contributed by atoms with E-state index in [1.54, 1.807) is 42.5 Å². The Labute approximate surface area is 266 Å². The summed E-state index contributed by atoms with van der Waals surface area (Å²) in [5.74, 6) is -0.630. The number of nitrogens with one attached hydrogen (secondary N) is 1. The molecule has 0 aromatic heterocycles. The number of hydrogen-bond donors (Lipinski definition) is 1. The van der Waals surface area contributed by atoms with Gasteiger partial charge in [-0.15, -0.1) is 0 Å². The zero-order chi connectivity index (χ0) is 32.1. The fourth-order valence-electron chi connectivity index (χ4n) is 4.60. The van der Waals surface area contributed by atoms with Gasteiger partial charge in [-0.05, 0) is 87.6 Å². The summed E-state index contributed by atoms with van der Waals surface area (Å²) >= 11 is 12.4. The third-order valence-electron chi connectivity index (χ3n) is 6.96. The molecule has 0 saturated carbocycles. The largest absolute Gasteiger partial charge is 0.350 e. The first-order valence-electron chi connectivity index (χ1n) is 14.3. The maximum Gasteiger partial charge on any atom is 0.264 e. The lowest BCUT2D eigenvalue weighted by atomic mass is 10.0. The van der Waals surface area contributed by atoms with Crippen LogP contribution in [0.1, 0.15) is 70.6 Å². The normalized spacial score (nSPS) is 12.6. The number of aryl methyl sites for hydroxylation is 1. The van der Waals surface area contributed by atoms with Crippen LogP contribution in [0.5, 0.6) is 0 Å². The third kappa shape index (κ3) is 8.97. The molecule has 0 aliphatic carbocycles. The topological polar surface area (TPSA) is 86.8 Å². The van der Waals surface area contributed by atoms with E-state index in [1.807, 2.05) is 60.6 Å². The summed E-state index contributed by atoms with van der Waals surface area (Å²) in [6.07, 6.45) is 0.308. The van der Waals surface area contributed by atoms with E-state index >= 15 is 0 Å². The first kappa shape index (κ1) is 34.4. The predicted octanol–water partition coefficient (Wildman–Crippen LogP) is 7.34. The minimum absolute atomic E-state index is 0.0243. The van der Waals surface area contributed by atoms with Gasteiger partial charge in [0.2, 0.25) is 11.8 Å². The molecule has 0 radical (unpaired) electrons. The van der Waals surface area contributed by atoms with Gasteiger partial charge in [0.05, 0.1) is 20.6 Å². The first-order valence-corrected chi connectivity index (χ1v) is 16.5. The molecule has 10 heteroatoms. The van der Waals surface area contributed by atoms with Crippen LogP contribution in [0.25, 0.3) is 0 Å². The highest BCUT2D eigenvalue weighted by Crippen LogP contribution is 2.28. The fourth-order valence-corrected chi connectivity index (χ4v) is 6.33. The van der Waals surface area contributed by atoms with E-state index in [9.17, 15) is 18.0 Å². The molecular formula is C33H41Cl2N3O4S. The zero-order valence-corrected chi connectivity index (χ0v) is 28.1. The third-order valence-corrected chi connectivity index (χ3v) is 9.48. The van der Waals surface area contributed by atoms with E-state index in [2.05, 4.69) is 5.32 Å². The Balaban J connectivity index is 2.10. The standard InChI is InChI=1S/C33H41Cl2N3O4S/c1-8-30(32(40)36-33(5,6)7)37(20-24-11-18-28(34)29(35)19-24)31(39)21-38(26-14-12-25(13-15-26)22(2)3)43(41,42)27-16-9-23(4)10-17-27/h9-19,22,30H,8,20-21H2,1-7H3,(H,36,40)/t30-/m0/s1. The highest BCUT2D eigenvalue weighted by molar-refractivity contribution is 7.92. The number of carbonyl (C=O) groups excluding carboxylic acids is 2. The Morgan fingerprint density at radius 1 is 0.907 bits per heavy atom. The number of amides is 2. The number of halogens is 2. The summed E-state index contributed by atoms with van der Waals surface area (Å²) in [6.45, 7) is 12.9. The Bertz CT molecular complexity index is 1530. The van der Waals surface area contributed by atoms with Crippen molar-refractivity contribution in [2.75, 3.05) is 10.8 Å². The van der Waals surface area contributed by atoms with E-state index in [-0.39, 0.29) is 23.3 Å². The van der Waals surface area contributed by atoms with Gasteiger partial charge in [0.15, 0.2) is 0 Å². The lowest BCUT2D eigenvalue weighted by molar-refractivity contribution is -0.141. The Morgan fingerprint density at radius 2 is 1.51 bits per heavy atom. The van der Waals surface area contributed by atoms with Crippen molar-refractivity contribution in [3.63, 3.8) is 0 Å². The molecule has 2 amide bonds. The van der Waals surface area contributed by atoms with Crippen molar-refractivity contribution in [2.24, 2.45) is 0 Å². The van der Waals surface area contributed by atoms with Gasteiger partial charge in [0.25, 0.3) is 10.0 Å². The van der Waals surface area contributed by atoms with Gasteiger partial charge in [0, 0.05) is 12.1 Å². The van der Waals surface area contributed by atoms with Gasteiger partial charge in [-0.25, -0.2) is 8.42 Å². The number of anilines is 1. The lowest BCUT2D eigenvalue weighted by Gasteiger charge is -2.35. The van der Waals surface area contributed by atoms with Crippen LogP contribution in [-0.4, -0.2) is 43.3 Å². The minimum Gasteiger partial charge on any atom is -0.350 e. The molecule has 43 heavy (non-hydrogen) atoms. The average molecular weight is 647 g/mol. The molecule has 0 fully saturated rings. The molecule has 0 saturated heterocycles. The average Bonchev–Trinajstić information content (AvgIpc) is 2.92. The highest BCUT2D eigenvalue weighted by atomic mass is 35.5. The predicted molar refractivity (Wildman–Crippen MR) is 175 cm³/mol. The molecule has 0 aliphatic rings. The summed E-state index contributed by atoms with van der Waals surface area (Å²) in [4.78, 5) is 29.2. The van der Waals surface area contributed by atoms with Gasteiger partial charge >= 0.3 is 0 Å². The highest BCUT2D eigenvalue weighted by Gasteiger charge is 2.34. The minimum atomic E-state index is -4.15. The summed E-state index contributed by atoms with van der Waals surface area (Å²) in [5.41, 5.74) is 2.40. The monoisotopic (exact) mass is 645 g/mol. The first-order chi connectivity index (χ1) is 20.0. The molecule has 0 heterocycles. The number of rotatable bonds is 11. The molecule has 1 atom stereocenters. The number of sulfonamides is 1. The molecule has 0 unspecified atom stereocenters. The van der Waals surface area contributed by atoms with E-state index in [0.717, 1.165) is 15.4 Å². The molecular weight excluding hydrogens is 605 g/mol. The number of hydrogen-bond acceptors (Lipinski definition) is 4. The van der Waals surface area contributed by atoms with Gasteiger partial charge in [0.1, 0.15) is 12.6 Å². The summed E-state index contributed by atoms with van der Waals surface area (Å²) in [5, 5.41) is 3.64. The molecule has 232 valence electrons. The van der Waals surface area contributed by atoms with Crippen molar-refractivity contribution >= 4 is 50.7 Å². The van der Waals surface area contributed by atoms with Crippen LogP contribution < -0.4 is 9.62 Å².